The highest BCUT2D eigenvalue weighted by molar-refractivity contribution is 5.82. The zero-order valence-corrected chi connectivity index (χ0v) is 21.7. The minimum absolute atomic E-state index is 0.0990. The molecule has 0 saturated carbocycles. The number of amides is 2. The molecule has 37 heavy (non-hydrogen) atoms. The van der Waals surface area contributed by atoms with Crippen molar-refractivity contribution in [2.24, 2.45) is 0 Å². The zero-order valence-electron chi connectivity index (χ0n) is 21.7. The Kier molecular flexibility index (Phi) is 7.66. The summed E-state index contributed by atoms with van der Waals surface area (Å²) < 4.78 is 16.2. The van der Waals surface area contributed by atoms with Gasteiger partial charge < -0.3 is 29.9 Å². The highest BCUT2D eigenvalue weighted by Gasteiger charge is 2.22. The van der Waals surface area contributed by atoms with Crippen molar-refractivity contribution in [1.82, 2.24) is 20.4 Å². The first-order valence-corrected chi connectivity index (χ1v) is 12.4. The Morgan fingerprint density at radius 3 is 2.51 bits per heavy atom. The van der Waals surface area contributed by atoms with Gasteiger partial charge >= 0.3 is 6.09 Å². The first-order valence-electron chi connectivity index (χ1n) is 12.4. The Morgan fingerprint density at radius 2 is 1.81 bits per heavy atom. The van der Waals surface area contributed by atoms with E-state index in [1.54, 1.807) is 37.8 Å². The van der Waals surface area contributed by atoms with Gasteiger partial charge in [0.1, 0.15) is 17.9 Å². The van der Waals surface area contributed by atoms with Crippen molar-refractivity contribution in [2.45, 2.75) is 46.1 Å². The van der Waals surface area contributed by atoms with Crippen LogP contribution in [0, 0.1) is 0 Å². The molecule has 0 saturated heterocycles. The number of nitrogen functional groups attached to an aromatic ring is 1. The van der Waals surface area contributed by atoms with Crippen LogP contribution in [-0.2, 0) is 22.4 Å². The zero-order chi connectivity index (χ0) is 26.6. The van der Waals surface area contributed by atoms with Crippen molar-refractivity contribution in [3.05, 3.63) is 47.5 Å². The summed E-state index contributed by atoms with van der Waals surface area (Å²) in [5.41, 5.74) is 9.81. The van der Waals surface area contributed by atoms with E-state index in [9.17, 15) is 9.59 Å². The molecular weight excluding hydrogens is 474 g/mol. The van der Waals surface area contributed by atoms with Gasteiger partial charge in [-0.1, -0.05) is 17.3 Å². The van der Waals surface area contributed by atoms with Crippen LogP contribution in [0.4, 0.5) is 10.5 Å². The lowest BCUT2D eigenvalue weighted by atomic mass is 10.00. The molecule has 1 aromatic heterocycles. The maximum absolute atomic E-state index is 12.7. The molecule has 196 valence electrons. The number of nitrogens with one attached hydrogen (secondary N) is 1. The molecule has 3 N–H and O–H groups in total. The first kappa shape index (κ1) is 26.0. The molecule has 0 unspecified atom stereocenters. The lowest BCUT2D eigenvalue weighted by molar-refractivity contribution is -0.130. The quantitative estimate of drug-likeness (QED) is 0.481. The summed E-state index contributed by atoms with van der Waals surface area (Å²) in [6.45, 7) is 8.79. The maximum atomic E-state index is 12.7. The summed E-state index contributed by atoms with van der Waals surface area (Å²) in [5.74, 6) is 1.32. The monoisotopic (exact) mass is 507 g/mol. The number of hydrogen-bond acceptors (Lipinski definition) is 8. The molecule has 2 aromatic carbocycles. The average Bonchev–Trinajstić information content (AvgIpc) is 3.24. The molecule has 4 rings (SSSR count). The fourth-order valence-corrected chi connectivity index (χ4v) is 4.11. The van der Waals surface area contributed by atoms with Crippen LogP contribution in [0.3, 0.4) is 0 Å². The number of rotatable bonds is 6. The topological polar surface area (TPSA) is 133 Å². The van der Waals surface area contributed by atoms with Gasteiger partial charge in [-0.25, -0.2) is 4.79 Å². The predicted octanol–water partition coefficient (Wildman–Crippen LogP) is 3.84. The summed E-state index contributed by atoms with van der Waals surface area (Å²) in [5, 5.41) is 6.70. The molecule has 0 bridgehead atoms. The van der Waals surface area contributed by atoms with Gasteiger partial charge in [0.05, 0.1) is 12.3 Å². The van der Waals surface area contributed by atoms with Gasteiger partial charge in [0.25, 0.3) is 5.89 Å². The molecule has 0 radical (unpaired) electrons. The third-order valence-electron chi connectivity index (χ3n) is 5.88. The second-order valence-corrected chi connectivity index (χ2v) is 9.83. The second kappa shape index (κ2) is 10.9. The third kappa shape index (κ3) is 6.58. The summed E-state index contributed by atoms with van der Waals surface area (Å²) >= 11 is 0. The first-order chi connectivity index (χ1) is 17.6. The molecule has 0 spiro atoms. The Bertz CT molecular complexity index is 1280. The Hall–Kier alpha value is -4.08. The molecule has 10 heteroatoms. The number of nitrogens with zero attached hydrogens (tertiary/aromatic N) is 3. The number of hydrogen-bond donors (Lipinski definition) is 2. The van der Waals surface area contributed by atoms with Crippen LogP contribution >= 0.6 is 0 Å². The van der Waals surface area contributed by atoms with Crippen molar-refractivity contribution >= 4 is 17.7 Å². The van der Waals surface area contributed by atoms with Gasteiger partial charge in [-0.05, 0) is 75.9 Å². The summed E-state index contributed by atoms with van der Waals surface area (Å²) in [7, 11) is 0. The van der Waals surface area contributed by atoms with Crippen molar-refractivity contribution in [1.29, 1.82) is 0 Å². The van der Waals surface area contributed by atoms with Crippen LogP contribution in [-0.4, -0.2) is 58.9 Å². The fourth-order valence-electron chi connectivity index (χ4n) is 4.11. The second-order valence-electron chi connectivity index (χ2n) is 9.83. The Labute approximate surface area is 216 Å². The lowest BCUT2D eigenvalue weighted by Crippen LogP contribution is -2.42. The summed E-state index contributed by atoms with van der Waals surface area (Å²) in [6, 6.07) is 11.4. The van der Waals surface area contributed by atoms with Crippen molar-refractivity contribution in [3.8, 4) is 28.6 Å². The van der Waals surface area contributed by atoms with Crippen LogP contribution < -0.4 is 15.8 Å². The van der Waals surface area contributed by atoms with Crippen LogP contribution in [0.2, 0.25) is 0 Å². The third-order valence-corrected chi connectivity index (χ3v) is 5.88. The van der Waals surface area contributed by atoms with Crippen molar-refractivity contribution in [2.75, 3.05) is 32.0 Å². The van der Waals surface area contributed by atoms with E-state index in [1.165, 1.54) is 5.56 Å². The maximum Gasteiger partial charge on any atom is 0.408 e. The largest absolute Gasteiger partial charge is 0.492 e. The molecule has 0 fully saturated rings. The van der Waals surface area contributed by atoms with Gasteiger partial charge in [0.2, 0.25) is 11.7 Å². The Balaban J connectivity index is 1.40. The predicted molar refractivity (Wildman–Crippen MR) is 139 cm³/mol. The minimum atomic E-state index is -0.615. The van der Waals surface area contributed by atoms with E-state index >= 15 is 0 Å². The van der Waals surface area contributed by atoms with Crippen molar-refractivity contribution in [3.63, 3.8) is 0 Å². The number of benzene rings is 2. The average molecular weight is 508 g/mol. The molecule has 1 aliphatic heterocycles. The molecule has 0 aliphatic carbocycles. The number of alkyl carbamates (subject to hydrolysis) is 1. The number of aromatic nitrogens is 2. The normalized spacial score (nSPS) is 13.5. The van der Waals surface area contributed by atoms with E-state index in [4.69, 9.17) is 19.7 Å². The van der Waals surface area contributed by atoms with E-state index in [2.05, 4.69) is 15.5 Å². The number of fused-ring (bicyclic) bond motifs is 1. The molecular formula is C27H33N5O5. The van der Waals surface area contributed by atoms with E-state index in [0.717, 1.165) is 17.5 Å². The SMILES string of the molecule is CCOc1ccc(-c2nc(-c3ccc4c(c3)CCN(C(=O)CNC(=O)OC(C)(C)C)CC4)no2)cc1N. The standard InChI is InChI=1S/C27H33N5O5/c1-5-35-22-9-8-20(15-21(22)28)25-30-24(31-37-25)19-7-6-17-10-12-32(13-11-18(17)14-19)23(33)16-29-26(34)36-27(2,3)4/h6-9,14-15H,5,10-13,16,28H2,1-4H3,(H,29,34). The summed E-state index contributed by atoms with van der Waals surface area (Å²) in [4.78, 5) is 30.9. The van der Waals surface area contributed by atoms with E-state index in [1.807, 2.05) is 31.2 Å². The van der Waals surface area contributed by atoms with Gasteiger partial charge in [0.15, 0.2) is 0 Å². The highest BCUT2D eigenvalue weighted by Crippen LogP contribution is 2.30. The molecule has 3 aromatic rings. The number of nitrogens with two attached hydrogens (primary N) is 1. The highest BCUT2D eigenvalue weighted by atomic mass is 16.6. The molecule has 0 atom stereocenters. The number of carbonyl (C=O) groups excluding carboxylic acids is 2. The van der Waals surface area contributed by atoms with Gasteiger partial charge in [-0.3, -0.25) is 4.79 Å². The minimum Gasteiger partial charge on any atom is -0.492 e. The smallest absolute Gasteiger partial charge is 0.408 e. The summed E-state index contributed by atoms with van der Waals surface area (Å²) in [6.07, 6.45) is 0.800. The molecule has 2 heterocycles. The van der Waals surface area contributed by atoms with Crippen LogP contribution in [0.1, 0.15) is 38.8 Å². The lowest BCUT2D eigenvalue weighted by Gasteiger charge is -2.22. The van der Waals surface area contributed by atoms with E-state index < -0.39 is 11.7 Å². The van der Waals surface area contributed by atoms with Gasteiger partial charge in [-0.2, -0.15) is 4.98 Å². The van der Waals surface area contributed by atoms with Crippen LogP contribution in [0.25, 0.3) is 22.8 Å². The van der Waals surface area contributed by atoms with Crippen LogP contribution in [0.15, 0.2) is 40.9 Å². The van der Waals surface area contributed by atoms with Crippen LogP contribution in [0.5, 0.6) is 5.75 Å². The van der Waals surface area contributed by atoms with Gasteiger partial charge in [0, 0.05) is 24.2 Å². The molecule has 1 aliphatic rings. The van der Waals surface area contributed by atoms with E-state index in [-0.39, 0.29) is 12.5 Å². The fraction of sp³-hybridized carbons (Fsp3) is 0.407. The molecule has 2 amide bonds. The Morgan fingerprint density at radius 1 is 1.08 bits per heavy atom. The van der Waals surface area contributed by atoms with Gasteiger partial charge in [-0.15, -0.1) is 0 Å². The number of anilines is 1. The van der Waals surface area contributed by atoms with Crippen molar-refractivity contribution < 1.29 is 23.6 Å². The molecule has 10 nitrogen and oxygen atoms in total. The number of ether oxygens (including phenoxy) is 2. The van der Waals surface area contributed by atoms with E-state index in [0.29, 0.717) is 54.8 Å². The number of carbonyl (C=O) groups is 2.